The van der Waals surface area contributed by atoms with Crippen molar-refractivity contribution in [2.45, 2.75) is 13.8 Å². The zero-order valence-corrected chi connectivity index (χ0v) is 15.4. The molecule has 4 nitrogen and oxygen atoms in total. The van der Waals surface area contributed by atoms with Gasteiger partial charge in [-0.25, -0.2) is 4.98 Å². The lowest BCUT2D eigenvalue weighted by molar-refractivity contribution is 0.102. The predicted molar refractivity (Wildman–Crippen MR) is 96.8 cm³/mol. The highest BCUT2D eigenvalue weighted by atomic mass is 79.9. The lowest BCUT2D eigenvalue weighted by Gasteiger charge is -2.08. The lowest BCUT2D eigenvalue weighted by Crippen LogP contribution is -2.15. The van der Waals surface area contributed by atoms with Crippen molar-refractivity contribution >= 4 is 56.4 Å². The molecule has 23 heavy (non-hydrogen) atoms. The first-order chi connectivity index (χ1) is 10.8. The standard InChI is InChI=1S/C16H12BrCl2N3O/c1-8-3-13(17)15-20-9(2)14(22(15)7-8)16(23)21-12-5-10(18)4-11(19)6-12/h3-7H,1-2H3,(H,21,23). The normalized spacial score (nSPS) is 11.0. The Morgan fingerprint density at radius 1 is 1.17 bits per heavy atom. The fourth-order valence-corrected chi connectivity index (χ4v) is 3.60. The Hall–Kier alpha value is -1.56. The minimum Gasteiger partial charge on any atom is -0.321 e. The number of rotatable bonds is 2. The highest BCUT2D eigenvalue weighted by Gasteiger charge is 2.18. The van der Waals surface area contributed by atoms with Crippen molar-refractivity contribution in [3.8, 4) is 0 Å². The van der Waals surface area contributed by atoms with Crippen LogP contribution in [-0.4, -0.2) is 15.3 Å². The quantitative estimate of drug-likeness (QED) is 0.622. The van der Waals surface area contributed by atoms with E-state index in [2.05, 4.69) is 26.2 Å². The summed E-state index contributed by atoms with van der Waals surface area (Å²) >= 11 is 15.4. The van der Waals surface area contributed by atoms with Crippen LogP contribution >= 0.6 is 39.1 Å². The smallest absolute Gasteiger partial charge is 0.274 e. The highest BCUT2D eigenvalue weighted by Crippen LogP contribution is 2.25. The fraction of sp³-hybridized carbons (Fsp3) is 0.125. The molecule has 2 heterocycles. The van der Waals surface area contributed by atoms with Gasteiger partial charge < -0.3 is 5.32 Å². The Balaban J connectivity index is 2.05. The van der Waals surface area contributed by atoms with E-state index in [4.69, 9.17) is 23.2 Å². The molecule has 3 aromatic rings. The van der Waals surface area contributed by atoms with Crippen molar-refractivity contribution in [1.29, 1.82) is 0 Å². The second-order valence-corrected chi connectivity index (χ2v) is 6.94. The zero-order valence-electron chi connectivity index (χ0n) is 12.3. The van der Waals surface area contributed by atoms with E-state index in [9.17, 15) is 4.79 Å². The molecule has 7 heteroatoms. The summed E-state index contributed by atoms with van der Waals surface area (Å²) in [6.45, 7) is 3.76. The van der Waals surface area contributed by atoms with Crippen LogP contribution in [0.2, 0.25) is 10.0 Å². The summed E-state index contributed by atoms with van der Waals surface area (Å²) in [6.07, 6.45) is 1.87. The lowest BCUT2D eigenvalue weighted by atomic mass is 10.2. The van der Waals surface area contributed by atoms with Crippen molar-refractivity contribution in [3.05, 3.63) is 61.9 Å². The third-order valence-electron chi connectivity index (χ3n) is 3.32. The van der Waals surface area contributed by atoms with E-state index in [-0.39, 0.29) is 5.91 Å². The summed E-state index contributed by atoms with van der Waals surface area (Å²) in [5.41, 5.74) is 3.36. The zero-order chi connectivity index (χ0) is 16.7. The number of nitrogens with zero attached hydrogens (tertiary/aromatic N) is 2. The van der Waals surface area contributed by atoms with Crippen LogP contribution in [0, 0.1) is 13.8 Å². The molecule has 0 atom stereocenters. The van der Waals surface area contributed by atoms with Crippen molar-refractivity contribution in [2.75, 3.05) is 5.32 Å². The van der Waals surface area contributed by atoms with Gasteiger partial charge >= 0.3 is 0 Å². The number of benzene rings is 1. The van der Waals surface area contributed by atoms with Gasteiger partial charge in [-0.3, -0.25) is 9.20 Å². The van der Waals surface area contributed by atoms with Gasteiger partial charge in [-0.15, -0.1) is 0 Å². The van der Waals surface area contributed by atoms with Crippen molar-refractivity contribution < 1.29 is 4.79 Å². The maximum Gasteiger partial charge on any atom is 0.274 e. The third-order valence-corrected chi connectivity index (χ3v) is 4.34. The molecule has 0 aliphatic carbocycles. The number of pyridine rings is 1. The van der Waals surface area contributed by atoms with Gasteiger partial charge in [0.2, 0.25) is 0 Å². The molecular weight excluding hydrogens is 401 g/mol. The van der Waals surface area contributed by atoms with Crippen LogP contribution in [0.3, 0.4) is 0 Å². The molecule has 0 spiro atoms. The molecule has 1 N–H and O–H groups in total. The van der Waals surface area contributed by atoms with Crippen molar-refractivity contribution in [3.63, 3.8) is 0 Å². The largest absolute Gasteiger partial charge is 0.321 e. The summed E-state index contributed by atoms with van der Waals surface area (Å²) < 4.78 is 2.61. The minimum absolute atomic E-state index is 0.272. The minimum atomic E-state index is -0.272. The van der Waals surface area contributed by atoms with Gasteiger partial charge in [-0.2, -0.15) is 0 Å². The Kier molecular flexibility index (Phi) is 4.36. The molecule has 3 rings (SSSR count). The molecule has 0 radical (unpaired) electrons. The van der Waals surface area contributed by atoms with Gasteiger partial charge in [0, 0.05) is 21.9 Å². The van der Waals surface area contributed by atoms with Gasteiger partial charge in [0.15, 0.2) is 5.65 Å². The number of amides is 1. The molecule has 0 fully saturated rings. The van der Waals surface area contributed by atoms with Gasteiger partial charge in [-0.05, 0) is 59.6 Å². The monoisotopic (exact) mass is 411 g/mol. The number of halogens is 3. The number of hydrogen-bond donors (Lipinski definition) is 1. The highest BCUT2D eigenvalue weighted by molar-refractivity contribution is 9.10. The van der Waals surface area contributed by atoms with Crippen molar-refractivity contribution in [1.82, 2.24) is 9.38 Å². The van der Waals surface area contributed by atoms with Crippen LogP contribution < -0.4 is 5.32 Å². The molecule has 1 amide bonds. The van der Waals surface area contributed by atoms with Gasteiger partial charge in [0.25, 0.3) is 5.91 Å². The average Bonchev–Trinajstić information content (AvgIpc) is 2.74. The van der Waals surface area contributed by atoms with Crippen LogP contribution in [0.15, 0.2) is 34.9 Å². The Bertz CT molecular complexity index is 916. The molecule has 0 saturated carbocycles. The first-order valence-electron chi connectivity index (χ1n) is 6.77. The number of aromatic nitrogens is 2. The van der Waals surface area contributed by atoms with Gasteiger partial charge in [0.05, 0.1) is 10.2 Å². The molecule has 0 bridgehead atoms. The third kappa shape index (κ3) is 3.22. The Morgan fingerprint density at radius 2 is 1.83 bits per heavy atom. The number of imidazole rings is 1. The van der Waals surface area contributed by atoms with E-state index in [1.807, 2.05) is 19.2 Å². The second kappa shape index (κ2) is 6.15. The van der Waals surface area contributed by atoms with E-state index in [1.165, 1.54) is 0 Å². The van der Waals surface area contributed by atoms with E-state index >= 15 is 0 Å². The first-order valence-corrected chi connectivity index (χ1v) is 8.32. The number of hydrogen-bond acceptors (Lipinski definition) is 2. The summed E-state index contributed by atoms with van der Waals surface area (Å²) in [6, 6.07) is 6.86. The van der Waals surface area contributed by atoms with Crippen LogP contribution in [0.5, 0.6) is 0 Å². The maximum atomic E-state index is 12.7. The molecular formula is C16H12BrCl2N3O. The van der Waals surface area contributed by atoms with Crippen LogP contribution in [0.25, 0.3) is 5.65 Å². The molecule has 1 aromatic carbocycles. The Labute approximate surface area is 151 Å². The van der Waals surface area contributed by atoms with Crippen molar-refractivity contribution in [2.24, 2.45) is 0 Å². The molecule has 118 valence electrons. The second-order valence-electron chi connectivity index (χ2n) is 5.22. The summed E-state index contributed by atoms with van der Waals surface area (Å²) in [4.78, 5) is 17.1. The number of carbonyl (C=O) groups is 1. The Morgan fingerprint density at radius 3 is 2.48 bits per heavy atom. The number of aryl methyl sites for hydroxylation is 2. The molecule has 0 aliphatic heterocycles. The van der Waals surface area contributed by atoms with Gasteiger partial charge in [-0.1, -0.05) is 23.2 Å². The molecule has 0 unspecified atom stereocenters. The molecule has 0 aliphatic rings. The van der Waals surface area contributed by atoms with Gasteiger partial charge in [0.1, 0.15) is 5.69 Å². The summed E-state index contributed by atoms with van der Waals surface area (Å²) in [5.74, 6) is -0.272. The fourth-order valence-electron chi connectivity index (χ4n) is 2.44. The predicted octanol–water partition coefficient (Wildman–Crippen LogP) is 5.27. The molecule has 0 saturated heterocycles. The molecule has 2 aromatic heterocycles. The van der Waals surface area contributed by atoms with E-state index in [0.717, 1.165) is 10.0 Å². The van der Waals surface area contributed by atoms with E-state index in [1.54, 1.807) is 29.5 Å². The van der Waals surface area contributed by atoms with E-state index < -0.39 is 0 Å². The van der Waals surface area contributed by atoms with Crippen LogP contribution in [0.1, 0.15) is 21.7 Å². The topological polar surface area (TPSA) is 46.4 Å². The number of fused-ring (bicyclic) bond motifs is 1. The summed E-state index contributed by atoms with van der Waals surface area (Å²) in [7, 11) is 0. The average molecular weight is 413 g/mol. The SMILES string of the molecule is Cc1cc(Br)c2nc(C)c(C(=O)Nc3cc(Cl)cc(Cl)c3)n2c1. The number of anilines is 1. The van der Waals surface area contributed by atoms with Crippen LogP contribution in [0.4, 0.5) is 5.69 Å². The van der Waals surface area contributed by atoms with Crippen LogP contribution in [-0.2, 0) is 0 Å². The maximum absolute atomic E-state index is 12.7. The number of nitrogens with one attached hydrogen (secondary N) is 1. The number of carbonyl (C=O) groups excluding carboxylic acids is 1. The first kappa shape index (κ1) is 16.3. The van der Waals surface area contributed by atoms with E-state index in [0.29, 0.717) is 32.8 Å². The summed E-state index contributed by atoms with van der Waals surface area (Å²) in [5, 5.41) is 3.73.